The van der Waals surface area contributed by atoms with E-state index in [0.29, 0.717) is 12.1 Å². The Balaban J connectivity index is 2.26. The quantitative estimate of drug-likeness (QED) is 0.889. The largest absolute Gasteiger partial charge is 0.480 e. The van der Waals surface area contributed by atoms with Gasteiger partial charge in [-0.25, -0.2) is 4.79 Å². The van der Waals surface area contributed by atoms with Gasteiger partial charge in [0.2, 0.25) is 5.91 Å². The molecule has 5 nitrogen and oxygen atoms in total. The van der Waals surface area contributed by atoms with Crippen LogP contribution in [-0.4, -0.2) is 34.5 Å². The summed E-state index contributed by atoms with van der Waals surface area (Å²) in [6, 6.07) is 7.41. The summed E-state index contributed by atoms with van der Waals surface area (Å²) < 4.78 is 0. The van der Waals surface area contributed by atoms with Gasteiger partial charge in [0.1, 0.15) is 12.1 Å². The van der Waals surface area contributed by atoms with Crippen molar-refractivity contribution < 1.29 is 14.7 Å². The van der Waals surface area contributed by atoms with Crippen LogP contribution in [0.3, 0.4) is 0 Å². The monoisotopic (exact) mass is 290 g/mol. The van der Waals surface area contributed by atoms with Gasteiger partial charge in [-0.3, -0.25) is 4.79 Å². The first-order valence-electron chi connectivity index (χ1n) is 7.18. The number of nitrogens with two attached hydrogens (primary N) is 1. The van der Waals surface area contributed by atoms with Crippen LogP contribution in [0.25, 0.3) is 0 Å². The molecule has 1 amide bonds. The number of nitrogens with zero attached hydrogens (tertiary/aromatic N) is 1. The highest BCUT2D eigenvalue weighted by Gasteiger charge is 2.45. The Morgan fingerprint density at radius 3 is 2.52 bits per heavy atom. The normalized spacial score (nSPS) is 22.6. The van der Waals surface area contributed by atoms with E-state index in [0.717, 1.165) is 12.8 Å². The zero-order chi connectivity index (χ0) is 15.6. The van der Waals surface area contributed by atoms with Gasteiger partial charge in [-0.05, 0) is 23.8 Å². The van der Waals surface area contributed by atoms with Crippen molar-refractivity contribution in [2.45, 2.75) is 38.8 Å². The van der Waals surface area contributed by atoms with Crippen molar-refractivity contribution in [2.75, 3.05) is 6.54 Å². The Bertz CT molecular complexity index is 528. The summed E-state index contributed by atoms with van der Waals surface area (Å²) in [5.41, 5.74) is 6.29. The van der Waals surface area contributed by atoms with Gasteiger partial charge in [0, 0.05) is 6.54 Å². The average Bonchev–Trinajstić information content (AvgIpc) is 2.45. The number of amides is 1. The van der Waals surface area contributed by atoms with Gasteiger partial charge in [0.25, 0.3) is 0 Å². The lowest BCUT2D eigenvalue weighted by atomic mass is 9.76. The third-order valence-corrected chi connectivity index (χ3v) is 4.21. The second-order valence-corrected chi connectivity index (χ2v) is 6.25. The molecule has 5 heteroatoms. The van der Waals surface area contributed by atoms with Crippen molar-refractivity contribution in [3.63, 3.8) is 0 Å². The highest BCUT2D eigenvalue weighted by molar-refractivity contribution is 5.88. The maximum atomic E-state index is 12.6. The number of carbonyl (C=O) groups is 2. The molecule has 0 aliphatic carbocycles. The molecule has 0 aromatic heterocycles. The Morgan fingerprint density at radius 2 is 1.95 bits per heavy atom. The molecular weight excluding hydrogens is 268 g/mol. The molecule has 0 spiro atoms. The molecule has 3 N–H and O–H groups in total. The van der Waals surface area contributed by atoms with Crippen molar-refractivity contribution >= 4 is 11.9 Å². The lowest BCUT2D eigenvalue weighted by Crippen LogP contribution is -2.58. The molecule has 0 radical (unpaired) electrons. The van der Waals surface area contributed by atoms with E-state index < -0.39 is 23.5 Å². The summed E-state index contributed by atoms with van der Waals surface area (Å²) in [5.74, 6) is -1.28. The number of hydrogen-bond acceptors (Lipinski definition) is 3. The van der Waals surface area contributed by atoms with Crippen LogP contribution in [0.2, 0.25) is 0 Å². The van der Waals surface area contributed by atoms with Crippen LogP contribution in [0.5, 0.6) is 0 Å². The number of rotatable bonds is 3. The van der Waals surface area contributed by atoms with Gasteiger partial charge in [0.15, 0.2) is 0 Å². The van der Waals surface area contributed by atoms with Gasteiger partial charge in [-0.2, -0.15) is 0 Å². The van der Waals surface area contributed by atoms with E-state index in [1.54, 1.807) is 12.1 Å². The molecule has 1 fully saturated rings. The van der Waals surface area contributed by atoms with Crippen molar-refractivity contribution in [3.8, 4) is 0 Å². The molecule has 21 heavy (non-hydrogen) atoms. The fraction of sp³-hybridized carbons (Fsp3) is 0.500. The minimum Gasteiger partial charge on any atom is -0.480 e. The lowest BCUT2D eigenvalue weighted by molar-refractivity contribution is -0.159. The number of carboxylic acids is 1. The summed E-state index contributed by atoms with van der Waals surface area (Å²) in [4.78, 5) is 25.7. The molecule has 2 unspecified atom stereocenters. The van der Waals surface area contributed by atoms with E-state index in [1.807, 2.05) is 32.0 Å². The van der Waals surface area contributed by atoms with Crippen LogP contribution >= 0.6 is 0 Å². The molecule has 1 heterocycles. The standard InChI is InChI=1S/C16H22N2O3/c1-16(2)9-6-10-18(13(16)15(20)21)14(19)12(17)11-7-4-3-5-8-11/h3-5,7-8,12-13H,6,9-10,17H2,1-2H3,(H,20,21). The molecule has 1 aliphatic rings. The Kier molecular flexibility index (Phi) is 4.32. The van der Waals surface area contributed by atoms with Gasteiger partial charge in [0.05, 0.1) is 0 Å². The number of likely N-dealkylation sites (tertiary alicyclic amines) is 1. The van der Waals surface area contributed by atoms with E-state index >= 15 is 0 Å². The highest BCUT2D eigenvalue weighted by Crippen LogP contribution is 2.36. The summed E-state index contributed by atoms with van der Waals surface area (Å²) in [6.45, 7) is 4.22. The van der Waals surface area contributed by atoms with E-state index in [-0.39, 0.29) is 5.91 Å². The summed E-state index contributed by atoms with van der Waals surface area (Å²) in [5, 5.41) is 9.51. The first kappa shape index (κ1) is 15.5. The van der Waals surface area contributed by atoms with Crippen LogP contribution in [0.15, 0.2) is 30.3 Å². The maximum absolute atomic E-state index is 12.6. The molecular formula is C16H22N2O3. The van der Waals surface area contributed by atoms with Gasteiger partial charge < -0.3 is 15.7 Å². The van der Waals surface area contributed by atoms with Gasteiger partial charge in [-0.1, -0.05) is 44.2 Å². The number of aliphatic carboxylic acids is 1. The minimum atomic E-state index is -0.965. The molecule has 1 aromatic carbocycles. The third-order valence-electron chi connectivity index (χ3n) is 4.21. The topological polar surface area (TPSA) is 83.6 Å². The summed E-state index contributed by atoms with van der Waals surface area (Å²) in [7, 11) is 0. The van der Waals surface area contributed by atoms with Crippen molar-refractivity contribution in [1.29, 1.82) is 0 Å². The van der Waals surface area contributed by atoms with Crippen LogP contribution in [0.1, 0.15) is 38.3 Å². The summed E-state index contributed by atoms with van der Waals surface area (Å²) >= 11 is 0. The molecule has 0 saturated carbocycles. The number of carboxylic acid groups (broad SMARTS) is 1. The molecule has 1 aromatic rings. The Morgan fingerprint density at radius 1 is 1.33 bits per heavy atom. The van der Waals surface area contributed by atoms with Crippen molar-refractivity contribution in [2.24, 2.45) is 11.1 Å². The van der Waals surface area contributed by atoms with Crippen molar-refractivity contribution in [1.82, 2.24) is 4.90 Å². The Labute approximate surface area is 124 Å². The second-order valence-electron chi connectivity index (χ2n) is 6.25. The first-order valence-corrected chi connectivity index (χ1v) is 7.18. The predicted molar refractivity (Wildman–Crippen MR) is 79.5 cm³/mol. The van der Waals surface area contributed by atoms with E-state index in [2.05, 4.69) is 0 Å². The number of carbonyl (C=O) groups excluding carboxylic acids is 1. The van der Waals surface area contributed by atoms with E-state index in [9.17, 15) is 14.7 Å². The number of piperidine rings is 1. The molecule has 1 saturated heterocycles. The molecule has 0 bridgehead atoms. The smallest absolute Gasteiger partial charge is 0.326 e. The van der Waals surface area contributed by atoms with Gasteiger partial charge in [-0.15, -0.1) is 0 Å². The van der Waals surface area contributed by atoms with Gasteiger partial charge >= 0.3 is 5.97 Å². The average molecular weight is 290 g/mol. The van der Waals surface area contributed by atoms with Crippen molar-refractivity contribution in [3.05, 3.63) is 35.9 Å². The SMILES string of the molecule is CC1(C)CCCN(C(=O)C(N)c2ccccc2)C1C(=O)O. The molecule has 1 aliphatic heterocycles. The number of hydrogen-bond donors (Lipinski definition) is 2. The predicted octanol–water partition coefficient (Wildman–Crippen LogP) is 1.79. The molecule has 2 rings (SSSR count). The maximum Gasteiger partial charge on any atom is 0.326 e. The van der Waals surface area contributed by atoms with Crippen LogP contribution < -0.4 is 5.73 Å². The third kappa shape index (κ3) is 3.08. The van der Waals surface area contributed by atoms with E-state index in [4.69, 9.17) is 5.73 Å². The minimum absolute atomic E-state index is 0.318. The highest BCUT2D eigenvalue weighted by atomic mass is 16.4. The van der Waals surface area contributed by atoms with Crippen LogP contribution in [0.4, 0.5) is 0 Å². The lowest BCUT2D eigenvalue weighted by Gasteiger charge is -2.44. The molecule has 2 atom stereocenters. The number of benzene rings is 1. The fourth-order valence-corrected chi connectivity index (χ4v) is 3.08. The zero-order valence-corrected chi connectivity index (χ0v) is 12.5. The fourth-order valence-electron chi connectivity index (χ4n) is 3.08. The van der Waals surface area contributed by atoms with Crippen LogP contribution in [0, 0.1) is 5.41 Å². The summed E-state index contributed by atoms with van der Waals surface area (Å²) in [6.07, 6.45) is 1.58. The molecule has 114 valence electrons. The van der Waals surface area contributed by atoms with Crippen LogP contribution in [-0.2, 0) is 9.59 Å². The second kappa shape index (κ2) is 5.85. The zero-order valence-electron chi connectivity index (χ0n) is 12.5. The Hall–Kier alpha value is -1.88. The van der Waals surface area contributed by atoms with E-state index in [1.165, 1.54) is 4.90 Å². The first-order chi connectivity index (χ1) is 9.84.